The Balaban J connectivity index is 1.56. The Labute approximate surface area is 193 Å². The molecule has 0 amide bonds. The fourth-order valence-electron chi connectivity index (χ4n) is 3.67. The normalized spacial score (nSPS) is 25.5. The highest BCUT2D eigenvalue weighted by Crippen LogP contribution is 2.36. The smallest absolute Gasteiger partial charge is 0.137 e. The number of rotatable bonds is 9. The Kier molecular flexibility index (Phi) is 8.34. The highest BCUT2D eigenvalue weighted by Gasteiger charge is 2.47. The lowest BCUT2D eigenvalue weighted by molar-refractivity contribution is -0.237. The average Bonchev–Trinajstić information content (AvgIpc) is 2.85. The van der Waals surface area contributed by atoms with Crippen LogP contribution in [0.3, 0.4) is 0 Å². The van der Waals surface area contributed by atoms with Crippen LogP contribution in [0.15, 0.2) is 95.9 Å². The van der Waals surface area contributed by atoms with Crippen LogP contribution in [0.25, 0.3) is 0 Å². The SMILES string of the molecule is OC[C@H]1O[C@@H](Sc2ccccc2)[C@H](OCc2ccccc2)[C@@H](OCc2ccccc2)[C@@H]1O. The van der Waals surface area contributed by atoms with Gasteiger partial charge in [0, 0.05) is 4.90 Å². The van der Waals surface area contributed by atoms with Crippen molar-refractivity contribution in [3.05, 3.63) is 102 Å². The van der Waals surface area contributed by atoms with E-state index in [0.29, 0.717) is 13.2 Å². The lowest BCUT2D eigenvalue weighted by Crippen LogP contribution is -2.59. The van der Waals surface area contributed by atoms with Gasteiger partial charge in [-0.1, -0.05) is 90.6 Å². The van der Waals surface area contributed by atoms with E-state index in [2.05, 4.69) is 0 Å². The fourth-order valence-corrected chi connectivity index (χ4v) is 4.82. The first-order valence-electron chi connectivity index (χ1n) is 10.7. The van der Waals surface area contributed by atoms with Gasteiger partial charge < -0.3 is 24.4 Å². The Hall–Kier alpha value is -2.19. The molecule has 3 aromatic rings. The molecule has 0 saturated carbocycles. The first-order chi connectivity index (χ1) is 15.7. The van der Waals surface area contributed by atoms with E-state index in [-0.39, 0.29) is 6.61 Å². The van der Waals surface area contributed by atoms with E-state index < -0.39 is 29.9 Å². The molecule has 0 unspecified atom stereocenters. The minimum atomic E-state index is -1.02. The first kappa shape index (κ1) is 23.0. The number of aliphatic hydroxyl groups is 2. The third kappa shape index (κ3) is 5.98. The van der Waals surface area contributed by atoms with E-state index in [9.17, 15) is 10.2 Å². The largest absolute Gasteiger partial charge is 0.394 e. The molecule has 32 heavy (non-hydrogen) atoms. The minimum absolute atomic E-state index is 0.302. The highest BCUT2D eigenvalue weighted by molar-refractivity contribution is 7.99. The molecule has 1 heterocycles. The summed E-state index contributed by atoms with van der Waals surface area (Å²) in [6.45, 7) is 0.390. The Morgan fingerprint density at radius 2 is 1.22 bits per heavy atom. The Bertz CT molecular complexity index is 925. The maximum Gasteiger partial charge on any atom is 0.137 e. The summed E-state index contributed by atoms with van der Waals surface area (Å²) in [6.07, 6.45) is -2.97. The molecule has 0 bridgehead atoms. The van der Waals surface area contributed by atoms with Gasteiger partial charge in [0.25, 0.3) is 0 Å². The standard InChI is InChI=1S/C26H28O5S/c27-16-22-23(28)24(29-17-19-10-4-1-5-11-19)25(30-18-20-12-6-2-7-13-20)26(31-22)32-21-14-8-3-9-15-21/h1-15,22-28H,16-18H2/t22-,23-,24+,25-,26+/m1/s1. The Morgan fingerprint density at radius 3 is 1.75 bits per heavy atom. The maximum atomic E-state index is 11.0. The second kappa shape index (κ2) is 11.6. The number of hydrogen-bond acceptors (Lipinski definition) is 6. The van der Waals surface area contributed by atoms with E-state index in [0.717, 1.165) is 16.0 Å². The molecule has 1 aliphatic heterocycles. The quantitative estimate of drug-likeness (QED) is 0.511. The van der Waals surface area contributed by atoms with Crippen molar-refractivity contribution in [2.75, 3.05) is 6.61 Å². The predicted molar refractivity (Wildman–Crippen MR) is 124 cm³/mol. The van der Waals surface area contributed by atoms with Gasteiger partial charge >= 0.3 is 0 Å². The van der Waals surface area contributed by atoms with E-state index in [4.69, 9.17) is 14.2 Å². The third-order valence-corrected chi connectivity index (χ3v) is 6.52. The summed E-state index contributed by atoms with van der Waals surface area (Å²) in [6, 6.07) is 29.6. The number of thioether (sulfide) groups is 1. The van der Waals surface area contributed by atoms with Gasteiger partial charge in [-0.25, -0.2) is 0 Å². The van der Waals surface area contributed by atoms with E-state index >= 15 is 0 Å². The lowest BCUT2D eigenvalue weighted by Gasteiger charge is -2.43. The van der Waals surface area contributed by atoms with Crippen LogP contribution < -0.4 is 0 Å². The molecule has 2 N–H and O–H groups in total. The molecule has 168 valence electrons. The molecule has 4 rings (SSSR count). The molecule has 0 spiro atoms. The summed E-state index contributed by atoms with van der Waals surface area (Å²) >= 11 is 1.50. The summed E-state index contributed by atoms with van der Waals surface area (Å²) in [5, 5.41) is 20.8. The zero-order valence-electron chi connectivity index (χ0n) is 17.7. The van der Waals surface area contributed by atoms with Crippen molar-refractivity contribution >= 4 is 11.8 Å². The number of ether oxygens (including phenoxy) is 3. The number of benzene rings is 3. The molecule has 1 saturated heterocycles. The van der Waals surface area contributed by atoms with Gasteiger partial charge in [0.1, 0.15) is 29.9 Å². The van der Waals surface area contributed by atoms with Crippen LogP contribution in [0.5, 0.6) is 0 Å². The van der Waals surface area contributed by atoms with Gasteiger partial charge in [0.05, 0.1) is 19.8 Å². The molecule has 5 nitrogen and oxygen atoms in total. The van der Waals surface area contributed by atoms with E-state index in [1.165, 1.54) is 11.8 Å². The number of hydrogen-bond donors (Lipinski definition) is 2. The van der Waals surface area contributed by atoms with Gasteiger partial charge in [-0.3, -0.25) is 0 Å². The zero-order valence-corrected chi connectivity index (χ0v) is 18.5. The predicted octanol–water partition coefficient (Wildman–Crippen LogP) is 4.03. The minimum Gasteiger partial charge on any atom is -0.394 e. The van der Waals surface area contributed by atoms with Crippen molar-refractivity contribution in [3.8, 4) is 0 Å². The van der Waals surface area contributed by atoms with Crippen LogP contribution >= 0.6 is 11.8 Å². The van der Waals surface area contributed by atoms with Gasteiger partial charge in [0.15, 0.2) is 0 Å². The molecule has 0 aromatic heterocycles. The molecule has 5 atom stereocenters. The van der Waals surface area contributed by atoms with Crippen molar-refractivity contribution in [1.29, 1.82) is 0 Å². The molecule has 0 radical (unpaired) electrons. The maximum absolute atomic E-state index is 11.0. The summed E-state index contributed by atoms with van der Waals surface area (Å²) in [4.78, 5) is 1.01. The molecular formula is C26H28O5S. The topological polar surface area (TPSA) is 68.2 Å². The van der Waals surface area contributed by atoms with Gasteiger partial charge in [0.2, 0.25) is 0 Å². The van der Waals surface area contributed by atoms with Crippen molar-refractivity contribution < 1.29 is 24.4 Å². The van der Waals surface area contributed by atoms with Crippen LogP contribution in [0.2, 0.25) is 0 Å². The summed E-state index contributed by atoms with van der Waals surface area (Å²) in [5.41, 5.74) is 1.57. The van der Waals surface area contributed by atoms with Crippen LogP contribution in [0, 0.1) is 0 Å². The molecule has 1 aliphatic rings. The van der Waals surface area contributed by atoms with Crippen molar-refractivity contribution in [3.63, 3.8) is 0 Å². The van der Waals surface area contributed by atoms with Crippen LogP contribution in [0.4, 0.5) is 0 Å². The van der Waals surface area contributed by atoms with Gasteiger partial charge in [-0.15, -0.1) is 0 Å². The van der Waals surface area contributed by atoms with Crippen molar-refractivity contribution in [2.24, 2.45) is 0 Å². The highest BCUT2D eigenvalue weighted by atomic mass is 32.2. The summed E-state index contributed by atoms with van der Waals surface area (Å²) in [7, 11) is 0. The van der Waals surface area contributed by atoms with Crippen molar-refractivity contribution in [2.45, 2.75) is 48.0 Å². The zero-order chi connectivity index (χ0) is 22.2. The monoisotopic (exact) mass is 452 g/mol. The summed E-state index contributed by atoms with van der Waals surface area (Å²) in [5.74, 6) is 0. The van der Waals surface area contributed by atoms with Crippen LogP contribution in [-0.2, 0) is 27.4 Å². The third-order valence-electron chi connectivity index (χ3n) is 5.36. The fraction of sp³-hybridized carbons (Fsp3) is 0.308. The van der Waals surface area contributed by atoms with Crippen molar-refractivity contribution in [1.82, 2.24) is 0 Å². The van der Waals surface area contributed by atoms with Gasteiger partial charge in [-0.05, 0) is 23.3 Å². The molecule has 1 fully saturated rings. The molecule has 0 aliphatic carbocycles. The lowest BCUT2D eigenvalue weighted by atomic mass is 9.99. The summed E-state index contributed by atoms with van der Waals surface area (Å²) < 4.78 is 18.6. The molecular weight excluding hydrogens is 424 g/mol. The second-order valence-electron chi connectivity index (χ2n) is 7.67. The second-order valence-corrected chi connectivity index (χ2v) is 8.84. The van der Waals surface area contributed by atoms with Crippen LogP contribution in [0.1, 0.15) is 11.1 Å². The van der Waals surface area contributed by atoms with Crippen LogP contribution in [-0.4, -0.2) is 46.7 Å². The van der Waals surface area contributed by atoms with E-state index in [1.54, 1.807) is 0 Å². The Morgan fingerprint density at radius 1 is 0.719 bits per heavy atom. The van der Waals surface area contributed by atoms with Gasteiger partial charge in [-0.2, -0.15) is 0 Å². The van der Waals surface area contributed by atoms with E-state index in [1.807, 2.05) is 91.0 Å². The average molecular weight is 453 g/mol. The molecule has 3 aromatic carbocycles. The number of aliphatic hydroxyl groups excluding tert-OH is 2. The molecule has 6 heteroatoms. The first-order valence-corrected chi connectivity index (χ1v) is 11.6.